The number of aryl methyl sites for hydroxylation is 1. The number of ether oxygens (including phenoxy) is 1. The second kappa shape index (κ2) is 6.53. The Labute approximate surface area is 157 Å². The van der Waals surface area contributed by atoms with Gasteiger partial charge in [0, 0.05) is 16.5 Å². The van der Waals surface area contributed by atoms with E-state index in [0.717, 1.165) is 37.7 Å². The first kappa shape index (κ1) is 16.7. The summed E-state index contributed by atoms with van der Waals surface area (Å²) in [5, 5.41) is 10.9. The van der Waals surface area contributed by atoms with Crippen molar-refractivity contribution in [3.63, 3.8) is 0 Å². The average Bonchev–Trinajstić information content (AvgIpc) is 3.19. The van der Waals surface area contributed by atoms with E-state index in [1.807, 2.05) is 25.1 Å². The summed E-state index contributed by atoms with van der Waals surface area (Å²) < 4.78 is 18.2. The summed E-state index contributed by atoms with van der Waals surface area (Å²) in [6.07, 6.45) is 1.55. The first-order valence-corrected chi connectivity index (χ1v) is 8.84. The zero-order valence-corrected chi connectivity index (χ0v) is 15.5. The largest absolute Gasteiger partial charge is 0.488 e. The quantitative estimate of drug-likeness (QED) is 0.469. The van der Waals surface area contributed by atoms with Crippen LogP contribution < -0.4 is 4.74 Å². The lowest BCUT2D eigenvalue weighted by Gasteiger charge is -2.10. The first-order valence-electron chi connectivity index (χ1n) is 8.04. The molecule has 1 N–H and O–H groups in total. The highest BCUT2D eigenvalue weighted by Gasteiger charge is 2.18. The van der Waals surface area contributed by atoms with E-state index in [1.54, 1.807) is 24.5 Å². The Kier molecular flexibility index (Phi) is 4.20. The predicted molar refractivity (Wildman–Crippen MR) is 101 cm³/mol. The molecule has 0 amide bonds. The molecule has 0 fully saturated rings. The van der Waals surface area contributed by atoms with Gasteiger partial charge in [-0.05, 0) is 41.1 Å². The van der Waals surface area contributed by atoms with E-state index < -0.39 is 5.97 Å². The van der Waals surface area contributed by atoms with Crippen molar-refractivity contribution in [1.29, 1.82) is 0 Å². The molecule has 2 heterocycles. The van der Waals surface area contributed by atoms with E-state index >= 15 is 0 Å². The summed E-state index contributed by atoms with van der Waals surface area (Å²) in [5.41, 5.74) is 3.06. The van der Waals surface area contributed by atoms with Gasteiger partial charge in [-0.25, -0.2) is 0 Å². The van der Waals surface area contributed by atoms with Gasteiger partial charge in [0.2, 0.25) is 0 Å². The summed E-state index contributed by atoms with van der Waals surface area (Å²) in [5.74, 6) is 0.431. The Bertz CT molecular complexity index is 1120. The maximum Gasteiger partial charge on any atom is 0.307 e. The number of benzene rings is 2. The second-order valence-electron chi connectivity index (χ2n) is 6.00. The van der Waals surface area contributed by atoms with Crippen LogP contribution in [-0.4, -0.2) is 11.1 Å². The molecule has 0 spiro atoms. The molecule has 0 aliphatic carbocycles. The molecule has 0 atom stereocenters. The Morgan fingerprint density at radius 2 is 2.00 bits per heavy atom. The maximum atomic E-state index is 11.0. The second-order valence-corrected chi connectivity index (χ2v) is 6.86. The number of rotatable bonds is 5. The average molecular weight is 415 g/mol. The van der Waals surface area contributed by atoms with E-state index in [4.69, 9.17) is 18.7 Å². The summed E-state index contributed by atoms with van der Waals surface area (Å²) in [7, 11) is 0. The fourth-order valence-electron chi connectivity index (χ4n) is 3.10. The highest BCUT2D eigenvalue weighted by atomic mass is 79.9. The summed E-state index contributed by atoms with van der Waals surface area (Å²) in [4.78, 5) is 11.0. The van der Waals surface area contributed by atoms with Gasteiger partial charge in [0.1, 0.15) is 23.7 Å². The van der Waals surface area contributed by atoms with Gasteiger partial charge >= 0.3 is 5.97 Å². The minimum Gasteiger partial charge on any atom is -0.488 e. The Hall–Kier alpha value is -2.73. The molecule has 4 aromatic rings. The van der Waals surface area contributed by atoms with Crippen molar-refractivity contribution in [2.24, 2.45) is 0 Å². The van der Waals surface area contributed by atoms with Crippen molar-refractivity contribution in [1.82, 2.24) is 0 Å². The maximum absolute atomic E-state index is 11.0. The van der Waals surface area contributed by atoms with Crippen molar-refractivity contribution in [3.05, 3.63) is 64.0 Å². The van der Waals surface area contributed by atoms with Crippen molar-refractivity contribution in [3.8, 4) is 5.75 Å². The molecule has 0 bridgehead atoms. The number of carbonyl (C=O) groups is 1. The molecule has 5 nitrogen and oxygen atoms in total. The minimum absolute atomic E-state index is 0.0809. The van der Waals surface area contributed by atoms with Crippen molar-refractivity contribution in [2.75, 3.05) is 0 Å². The summed E-state index contributed by atoms with van der Waals surface area (Å²) in [6, 6.07) is 11.0. The Morgan fingerprint density at radius 1 is 1.19 bits per heavy atom. The number of fused-ring (bicyclic) bond motifs is 3. The topological polar surface area (TPSA) is 72.8 Å². The van der Waals surface area contributed by atoms with E-state index in [-0.39, 0.29) is 13.0 Å². The van der Waals surface area contributed by atoms with Crippen LogP contribution in [0.5, 0.6) is 5.75 Å². The number of hydrogen-bond donors (Lipinski definition) is 1. The fourth-order valence-corrected chi connectivity index (χ4v) is 3.63. The number of carboxylic acids is 1. The molecule has 0 aliphatic heterocycles. The predicted octanol–water partition coefficient (Wildman–Crippen LogP) is 5.46. The normalized spacial score (nSPS) is 11.3. The van der Waals surface area contributed by atoms with Crippen LogP contribution in [0.2, 0.25) is 0 Å². The van der Waals surface area contributed by atoms with Crippen LogP contribution in [0.3, 0.4) is 0 Å². The molecular weight excluding hydrogens is 400 g/mol. The number of carboxylic acid groups (broad SMARTS) is 1. The molecule has 0 radical (unpaired) electrons. The third-order valence-corrected chi connectivity index (χ3v) is 4.92. The van der Waals surface area contributed by atoms with Gasteiger partial charge < -0.3 is 18.7 Å². The van der Waals surface area contributed by atoms with E-state index in [1.165, 1.54) is 0 Å². The van der Waals surface area contributed by atoms with Crippen molar-refractivity contribution < 1.29 is 23.5 Å². The van der Waals surface area contributed by atoms with Gasteiger partial charge in [-0.2, -0.15) is 0 Å². The van der Waals surface area contributed by atoms with E-state index in [0.29, 0.717) is 11.3 Å². The molecule has 0 saturated heterocycles. The van der Waals surface area contributed by atoms with Crippen LogP contribution in [0.15, 0.2) is 56.0 Å². The van der Waals surface area contributed by atoms with Crippen LogP contribution in [0.1, 0.15) is 16.9 Å². The Morgan fingerprint density at radius 3 is 2.81 bits per heavy atom. The molecule has 26 heavy (non-hydrogen) atoms. The lowest BCUT2D eigenvalue weighted by atomic mass is 10.1. The third kappa shape index (κ3) is 2.86. The van der Waals surface area contributed by atoms with Gasteiger partial charge in [0.25, 0.3) is 0 Å². The lowest BCUT2D eigenvalue weighted by Crippen LogP contribution is -2.04. The highest BCUT2D eigenvalue weighted by Crippen LogP contribution is 2.37. The van der Waals surface area contributed by atoms with Crippen molar-refractivity contribution >= 4 is 43.8 Å². The van der Waals surface area contributed by atoms with Gasteiger partial charge in [-0.3, -0.25) is 4.79 Å². The Balaban J connectivity index is 1.71. The van der Waals surface area contributed by atoms with Crippen LogP contribution in [0.25, 0.3) is 21.9 Å². The number of para-hydroxylation sites is 1. The standard InChI is InChI=1S/C20H15BrO5/c1-11-15(10-25-17-5-3-2-4-12(17)8-18(22)23)14-9-16(21)20-13(6-7-24-20)19(14)26-11/h2-7,9H,8,10H2,1H3,(H,22,23). The SMILES string of the molecule is Cc1oc2c(cc(Br)c3occc32)c1COc1ccccc1CC(=O)O. The smallest absolute Gasteiger partial charge is 0.307 e. The number of hydrogen-bond acceptors (Lipinski definition) is 4. The molecule has 0 aliphatic rings. The number of aliphatic carboxylic acids is 1. The van der Waals surface area contributed by atoms with Crippen LogP contribution in [0, 0.1) is 6.92 Å². The zero-order chi connectivity index (χ0) is 18.3. The molecule has 132 valence electrons. The molecule has 0 saturated carbocycles. The molecule has 2 aromatic carbocycles. The number of furan rings is 2. The van der Waals surface area contributed by atoms with Crippen molar-refractivity contribution in [2.45, 2.75) is 20.0 Å². The number of halogens is 1. The third-order valence-electron chi connectivity index (χ3n) is 4.33. The van der Waals surface area contributed by atoms with Gasteiger partial charge in [0.05, 0.1) is 22.5 Å². The van der Waals surface area contributed by atoms with Gasteiger partial charge in [-0.15, -0.1) is 0 Å². The highest BCUT2D eigenvalue weighted by molar-refractivity contribution is 9.10. The molecular formula is C20H15BrO5. The first-order chi connectivity index (χ1) is 12.5. The van der Waals surface area contributed by atoms with Crippen LogP contribution in [-0.2, 0) is 17.8 Å². The van der Waals surface area contributed by atoms with Gasteiger partial charge in [-0.1, -0.05) is 18.2 Å². The minimum atomic E-state index is -0.891. The van der Waals surface area contributed by atoms with Gasteiger partial charge in [0.15, 0.2) is 5.58 Å². The fraction of sp³-hybridized carbons (Fsp3) is 0.150. The lowest BCUT2D eigenvalue weighted by molar-refractivity contribution is -0.136. The monoisotopic (exact) mass is 414 g/mol. The van der Waals surface area contributed by atoms with E-state index in [2.05, 4.69) is 15.9 Å². The molecule has 4 rings (SSSR count). The van der Waals surface area contributed by atoms with Crippen LogP contribution >= 0.6 is 15.9 Å². The molecule has 2 aromatic heterocycles. The molecule has 6 heteroatoms. The summed E-state index contributed by atoms with van der Waals surface area (Å²) >= 11 is 3.53. The zero-order valence-electron chi connectivity index (χ0n) is 13.9. The van der Waals surface area contributed by atoms with E-state index in [9.17, 15) is 4.79 Å². The summed E-state index contributed by atoms with van der Waals surface area (Å²) in [6.45, 7) is 2.17. The molecule has 0 unspecified atom stereocenters. The van der Waals surface area contributed by atoms with Crippen LogP contribution in [0.4, 0.5) is 0 Å².